The average molecular weight is 383 g/mol. The lowest BCUT2D eigenvalue weighted by molar-refractivity contribution is -0.138. The Labute approximate surface area is 169 Å². The van der Waals surface area contributed by atoms with Crippen LogP contribution in [0.2, 0.25) is 0 Å². The number of hydrogen-bond acceptors (Lipinski definition) is 4. The summed E-state index contributed by atoms with van der Waals surface area (Å²) in [5.74, 6) is -0.641. The van der Waals surface area contributed by atoms with Crippen LogP contribution in [0, 0.1) is 0 Å². The summed E-state index contributed by atoms with van der Waals surface area (Å²) in [6, 6.07) is 25.2. The molecular formula is C24H21N3O2. The van der Waals surface area contributed by atoms with Crippen molar-refractivity contribution in [3.05, 3.63) is 84.4 Å². The summed E-state index contributed by atoms with van der Waals surface area (Å²) in [7, 11) is 0. The van der Waals surface area contributed by atoms with Gasteiger partial charge in [-0.15, -0.1) is 0 Å². The van der Waals surface area contributed by atoms with Crippen molar-refractivity contribution >= 4 is 28.5 Å². The second-order valence-corrected chi connectivity index (χ2v) is 6.82. The number of para-hydroxylation sites is 2. The minimum Gasteiger partial charge on any atom is -0.481 e. The summed E-state index contributed by atoms with van der Waals surface area (Å²) in [5.41, 5.74) is 5.00. The van der Waals surface area contributed by atoms with Crippen molar-refractivity contribution in [1.29, 1.82) is 0 Å². The highest BCUT2D eigenvalue weighted by molar-refractivity contribution is 5.84. The molecule has 144 valence electrons. The summed E-state index contributed by atoms with van der Waals surface area (Å²) in [6.07, 6.45) is 0.552. The maximum absolute atomic E-state index is 11.4. The van der Waals surface area contributed by atoms with Crippen LogP contribution in [0.1, 0.15) is 24.8 Å². The lowest BCUT2D eigenvalue weighted by Crippen LogP contribution is -2.10. The van der Waals surface area contributed by atoms with E-state index >= 15 is 0 Å². The lowest BCUT2D eigenvalue weighted by Gasteiger charge is -2.14. The van der Waals surface area contributed by atoms with Crippen LogP contribution < -0.4 is 5.32 Å². The molecule has 0 radical (unpaired) electrons. The third-order valence-electron chi connectivity index (χ3n) is 4.90. The quantitative estimate of drug-likeness (QED) is 0.452. The molecule has 0 amide bonds. The van der Waals surface area contributed by atoms with Crippen molar-refractivity contribution in [2.45, 2.75) is 19.3 Å². The molecule has 2 N–H and O–H groups in total. The molecule has 1 heterocycles. The number of fused-ring (bicyclic) bond motifs is 1. The van der Waals surface area contributed by atoms with Gasteiger partial charge in [-0.3, -0.25) is 4.79 Å². The molecule has 4 aromatic rings. The molecule has 4 rings (SSSR count). The Morgan fingerprint density at radius 1 is 0.897 bits per heavy atom. The fraction of sp³-hybridized carbons (Fsp3) is 0.125. The zero-order chi connectivity index (χ0) is 20.2. The Balaban J connectivity index is 1.73. The van der Waals surface area contributed by atoms with Gasteiger partial charge >= 0.3 is 5.97 Å². The van der Waals surface area contributed by atoms with E-state index in [1.165, 1.54) is 0 Å². The fourth-order valence-corrected chi connectivity index (χ4v) is 3.37. The summed E-state index contributed by atoms with van der Waals surface area (Å²) in [5, 5.41) is 12.7. The Bertz CT molecular complexity index is 1140. The number of aliphatic carboxylic acids is 1. The van der Waals surface area contributed by atoms with Crippen molar-refractivity contribution in [1.82, 2.24) is 9.97 Å². The number of aromatic nitrogens is 2. The maximum Gasteiger partial charge on any atom is 0.310 e. The van der Waals surface area contributed by atoms with Crippen molar-refractivity contribution in [2.75, 3.05) is 5.32 Å². The van der Waals surface area contributed by atoms with E-state index in [2.05, 4.69) is 5.32 Å². The number of rotatable bonds is 6. The zero-order valence-corrected chi connectivity index (χ0v) is 16.0. The van der Waals surface area contributed by atoms with Gasteiger partial charge in [0.05, 0.1) is 17.0 Å². The van der Waals surface area contributed by atoms with Crippen LogP contribution in [0.5, 0.6) is 0 Å². The molecule has 0 spiro atoms. The zero-order valence-electron chi connectivity index (χ0n) is 16.0. The van der Waals surface area contributed by atoms with E-state index in [4.69, 9.17) is 9.97 Å². The van der Waals surface area contributed by atoms with Crippen LogP contribution in [-0.2, 0) is 4.79 Å². The van der Waals surface area contributed by atoms with Crippen molar-refractivity contribution in [2.24, 2.45) is 0 Å². The van der Waals surface area contributed by atoms with Gasteiger partial charge in [0.25, 0.3) is 0 Å². The second-order valence-electron chi connectivity index (χ2n) is 6.82. The highest BCUT2D eigenvalue weighted by Gasteiger charge is 2.17. The maximum atomic E-state index is 11.4. The Morgan fingerprint density at radius 3 is 2.14 bits per heavy atom. The number of benzene rings is 3. The van der Waals surface area contributed by atoms with Crippen LogP contribution >= 0.6 is 0 Å². The second kappa shape index (κ2) is 8.10. The first-order chi connectivity index (χ1) is 14.2. The van der Waals surface area contributed by atoms with Gasteiger partial charge in [-0.25, -0.2) is 9.97 Å². The van der Waals surface area contributed by atoms with E-state index in [1.54, 1.807) is 0 Å². The number of nitrogens with one attached hydrogen (secondary N) is 1. The SMILES string of the molecule is CCC(C(=O)O)c1ccc(Nc2nc3ccccc3nc2-c2ccccc2)cc1. The van der Waals surface area contributed by atoms with E-state index in [9.17, 15) is 9.90 Å². The number of nitrogens with zero attached hydrogens (tertiary/aromatic N) is 2. The summed E-state index contributed by atoms with van der Waals surface area (Å²) < 4.78 is 0. The van der Waals surface area contributed by atoms with Gasteiger partial charge in [-0.05, 0) is 36.2 Å². The van der Waals surface area contributed by atoms with Crippen LogP contribution in [-0.4, -0.2) is 21.0 Å². The van der Waals surface area contributed by atoms with Gasteiger partial charge < -0.3 is 10.4 Å². The highest BCUT2D eigenvalue weighted by atomic mass is 16.4. The van der Waals surface area contributed by atoms with Gasteiger partial charge in [0, 0.05) is 11.3 Å². The average Bonchev–Trinajstić information content (AvgIpc) is 2.75. The molecule has 0 saturated heterocycles. The normalized spacial score (nSPS) is 11.9. The first-order valence-electron chi connectivity index (χ1n) is 9.57. The molecule has 29 heavy (non-hydrogen) atoms. The molecule has 0 aliphatic rings. The lowest BCUT2D eigenvalue weighted by atomic mass is 9.96. The Kier molecular flexibility index (Phi) is 5.20. The van der Waals surface area contributed by atoms with Crippen molar-refractivity contribution in [3.8, 4) is 11.3 Å². The molecule has 0 fully saturated rings. The van der Waals surface area contributed by atoms with E-state index in [0.717, 1.165) is 33.5 Å². The minimum absolute atomic E-state index is 0.496. The monoisotopic (exact) mass is 383 g/mol. The van der Waals surface area contributed by atoms with E-state index in [1.807, 2.05) is 85.8 Å². The Hall–Kier alpha value is -3.73. The smallest absolute Gasteiger partial charge is 0.310 e. The molecule has 0 saturated carbocycles. The van der Waals surface area contributed by atoms with Crippen LogP contribution in [0.3, 0.4) is 0 Å². The first kappa shape index (κ1) is 18.6. The molecule has 5 heteroatoms. The highest BCUT2D eigenvalue weighted by Crippen LogP contribution is 2.30. The van der Waals surface area contributed by atoms with Gasteiger partial charge in [0.15, 0.2) is 5.82 Å². The standard InChI is InChI=1S/C24H21N3O2/c1-2-19(24(28)29)16-12-14-18(15-13-16)25-23-22(17-8-4-3-5-9-17)26-20-10-6-7-11-21(20)27-23/h3-15,19H,2H2,1H3,(H,25,27)(H,28,29). The summed E-state index contributed by atoms with van der Waals surface area (Å²) in [4.78, 5) is 21.0. The van der Waals surface area contributed by atoms with Gasteiger partial charge in [0.1, 0.15) is 5.69 Å². The van der Waals surface area contributed by atoms with Crippen LogP contribution in [0.4, 0.5) is 11.5 Å². The van der Waals surface area contributed by atoms with Crippen LogP contribution in [0.15, 0.2) is 78.9 Å². The number of anilines is 2. The fourth-order valence-electron chi connectivity index (χ4n) is 3.37. The number of carbonyl (C=O) groups is 1. The van der Waals surface area contributed by atoms with Crippen molar-refractivity contribution < 1.29 is 9.90 Å². The van der Waals surface area contributed by atoms with E-state index in [0.29, 0.717) is 12.2 Å². The molecule has 1 aromatic heterocycles. The molecule has 3 aromatic carbocycles. The molecule has 0 aliphatic carbocycles. The van der Waals surface area contributed by atoms with E-state index in [-0.39, 0.29) is 0 Å². The van der Waals surface area contributed by atoms with Gasteiger partial charge in [0.2, 0.25) is 0 Å². The Morgan fingerprint density at radius 2 is 1.52 bits per heavy atom. The molecule has 5 nitrogen and oxygen atoms in total. The molecule has 1 unspecified atom stereocenters. The molecule has 1 atom stereocenters. The summed E-state index contributed by atoms with van der Waals surface area (Å²) in [6.45, 7) is 1.88. The number of carboxylic acids is 1. The number of carboxylic acid groups (broad SMARTS) is 1. The number of hydrogen-bond donors (Lipinski definition) is 2. The van der Waals surface area contributed by atoms with Gasteiger partial charge in [-0.2, -0.15) is 0 Å². The predicted octanol–water partition coefficient (Wildman–Crippen LogP) is 5.62. The minimum atomic E-state index is -0.806. The summed E-state index contributed by atoms with van der Waals surface area (Å²) >= 11 is 0. The van der Waals surface area contributed by atoms with Gasteiger partial charge in [-0.1, -0.05) is 61.5 Å². The topological polar surface area (TPSA) is 75.1 Å². The molecule has 0 bridgehead atoms. The third-order valence-corrected chi connectivity index (χ3v) is 4.90. The van der Waals surface area contributed by atoms with Crippen molar-refractivity contribution in [3.63, 3.8) is 0 Å². The van der Waals surface area contributed by atoms with E-state index < -0.39 is 11.9 Å². The molecular weight excluding hydrogens is 362 g/mol. The molecule has 0 aliphatic heterocycles. The first-order valence-corrected chi connectivity index (χ1v) is 9.57. The third kappa shape index (κ3) is 3.94. The largest absolute Gasteiger partial charge is 0.481 e. The predicted molar refractivity (Wildman–Crippen MR) is 115 cm³/mol. The van der Waals surface area contributed by atoms with Crippen LogP contribution in [0.25, 0.3) is 22.3 Å².